The second-order valence-corrected chi connectivity index (χ2v) is 5.29. The summed E-state index contributed by atoms with van der Waals surface area (Å²) in [6, 6.07) is 4.79. The number of nitrogens with zero attached hydrogens (tertiary/aromatic N) is 1. The molecule has 92 valence electrons. The zero-order valence-electron chi connectivity index (χ0n) is 8.88. The molecule has 0 saturated heterocycles. The molecule has 1 aromatic rings. The number of aromatic hydroxyl groups is 1. The van der Waals surface area contributed by atoms with Crippen molar-refractivity contribution in [1.82, 2.24) is 0 Å². The van der Waals surface area contributed by atoms with Gasteiger partial charge in [-0.1, -0.05) is 17.8 Å². The van der Waals surface area contributed by atoms with Gasteiger partial charge in [-0.25, -0.2) is 0 Å². The first-order valence-electron chi connectivity index (χ1n) is 4.78. The summed E-state index contributed by atoms with van der Waals surface area (Å²) in [5.41, 5.74) is 5.75. The molecule has 1 aromatic carbocycles. The van der Waals surface area contributed by atoms with Gasteiger partial charge in [-0.2, -0.15) is 4.99 Å². The van der Waals surface area contributed by atoms with Crippen LogP contribution in [0.2, 0.25) is 0 Å². The Morgan fingerprint density at radius 1 is 1.50 bits per heavy atom. The number of hydrogen-bond acceptors (Lipinski definition) is 4. The van der Waals surface area contributed by atoms with Crippen LogP contribution in [0.4, 0.5) is 0 Å². The molecular formula is C11H7BrN2O3S. The second kappa shape index (κ2) is 4.95. The average Bonchev–Trinajstić information content (AvgIpc) is 2.66. The number of carbonyl (C=O) groups is 2. The molecule has 0 atom stereocenters. The van der Waals surface area contributed by atoms with Crippen molar-refractivity contribution in [3.8, 4) is 5.75 Å². The number of aliphatic imine (C=N–C) groups is 1. The Hall–Kier alpha value is -1.60. The van der Waals surface area contributed by atoms with Crippen molar-refractivity contribution in [2.45, 2.75) is 0 Å². The van der Waals surface area contributed by atoms with Crippen LogP contribution in [0.1, 0.15) is 5.56 Å². The molecule has 0 bridgehead atoms. The van der Waals surface area contributed by atoms with Crippen LogP contribution in [-0.4, -0.2) is 22.0 Å². The highest BCUT2D eigenvalue weighted by Crippen LogP contribution is 2.30. The van der Waals surface area contributed by atoms with Gasteiger partial charge in [0.1, 0.15) is 5.75 Å². The Kier molecular flexibility index (Phi) is 3.53. The predicted octanol–water partition coefficient (Wildman–Crippen LogP) is 1.65. The standard InChI is InChI=1S/C11H7BrN2O3S/c12-6-3-5(1-2-7(6)15)4-8-10(17)14-11(18-8)9(13)16/h1-4,15H,(H2,13,16). The lowest BCUT2D eigenvalue weighted by Gasteiger charge is -1.99. The minimum atomic E-state index is -0.719. The Morgan fingerprint density at radius 3 is 2.78 bits per heavy atom. The molecule has 7 heteroatoms. The molecule has 2 amide bonds. The van der Waals surface area contributed by atoms with E-state index in [-0.39, 0.29) is 10.8 Å². The number of halogens is 1. The number of carbonyl (C=O) groups excluding carboxylic acids is 2. The molecule has 0 aliphatic carbocycles. The van der Waals surface area contributed by atoms with Crippen molar-refractivity contribution in [1.29, 1.82) is 0 Å². The molecule has 3 N–H and O–H groups in total. The third-order valence-corrected chi connectivity index (χ3v) is 3.73. The summed E-state index contributed by atoms with van der Waals surface area (Å²) in [5, 5.41) is 9.34. The fraction of sp³-hybridized carbons (Fsp3) is 0. The summed E-state index contributed by atoms with van der Waals surface area (Å²) in [5.74, 6) is -1.10. The number of thioether (sulfide) groups is 1. The van der Waals surface area contributed by atoms with Gasteiger partial charge >= 0.3 is 0 Å². The van der Waals surface area contributed by atoms with Crippen LogP contribution in [0.5, 0.6) is 5.75 Å². The summed E-state index contributed by atoms with van der Waals surface area (Å²) in [6.45, 7) is 0. The first-order valence-corrected chi connectivity index (χ1v) is 6.39. The van der Waals surface area contributed by atoms with Crippen LogP contribution in [0, 0.1) is 0 Å². The number of rotatable bonds is 2. The van der Waals surface area contributed by atoms with E-state index >= 15 is 0 Å². The van der Waals surface area contributed by atoms with E-state index < -0.39 is 11.8 Å². The number of primary amides is 1. The van der Waals surface area contributed by atoms with E-state index in [4.69, 9.17) is 5.73 Å². The van der Waals surface area contributed by atoms with E-state index in [1.54, 1.807) is 18.2 Å². The van der Waals surface area contributed by atoms with Gasteiger partial charge in [0.25, 0.3) is 11.8 Å². The maximum absolute atomic E-state index is 11.5. The van der Waals surface area contributed by atoms with E-state index in [9.17, 15) is 14.7 Å². The summed E-state index contributed by atoms with van der Waals surface area (Å²) in [6.07, 6.45) is 1.58. The third kappa shape index (κ3) is 2.62. The number of phenolic OH excluding ortho intramolecular Hbond substituents is 1. The van der Waals surface area contributed by atoms with Crippen molar-refractivity contribution in [2.24, 2.45) is 10.7 Å². The minimum absolute atomic E-state index is 0.0101. The molecule has 1 aliphatic rings. The number of hydrogen-bond donors (Lipinski definition) is 2. The van der Waals surface area contributed by atoms with Gasteiger partial charge in [0.15, 0.2) is 5.04 Å². The second-order valence-electron chi connectivity index (χ2n) is 3.41. The van der Waals surface area contributed by atoms with E-state index in [0.717, 1.165) is 11.8 Å². The predicted molar refractivity (Wildman–Crippen MR) is 73.0 cm³/mol. The molecule has 0 spiro atoms. The molecule has 0 unspecified atom stereocenters. The molecule has 18 heavy (non-hydrogen) atoms. The maximum atomic E-state index is 11.5. The Balaban J connectivity index is 2.28. The highest BCUT2D eigenvalue weighted by atomic mass is 79.9. The molecule has 1 aliphatic heterocycles. The molecular weight excluding hydrogens is 320 g/mol. The average molecular weight is 327 g/mol. The molecule has 0 radical (unpaired) electrons. The van der Waals surface area contributed by atoms with E-state index in [1.807, 2.05) is 0 Å². The normalized spacial score (nSPS) is 17.1. The lowest BCUT2D eigenvalue weighted by Crippen LogP contribution is -2.18. The fourth-order valence-electron chi connectivity index (χ4n) is 1.28. The van der Waals surface area contributed by atoms with E-state index in [2.05, 4.69) is 20.9 Å². The van der Waals surface area contributed by atoms with Gasteiger partial charge in [0, 0.05) is 0 Å². The Bertz CT molecular complexity index is 610. The van der Waals surface area contributed by atoms with Gasteiger partial charge in [-0.3, -0.25) is 9.59 Å². The fourth-order valence-corrected chi connectivity index (χ4v) is 2.44. The number of amides is 2. The first kappa shape index (κ1) is 12.8. The lowest BCUT2D eigenvalue weighted by molar-refractivity contribution is -0.114. The van der Waals surface area contributed by atoms with Gasteiger partial charge in [0.05, 0.1) is 9.38 Å². The number of nitrogens with two attached hydrogens (primary N) is 1. The topological polar surface area (TPSA) is 92.8 Å². The van der Waals surface area contributed by atoms with Crippen LogP contribution < -0.4 is 5.73 Å². The molecule has 0 fully saturated rings. The van der Waals surface area contributed by atoms with Gasteiger partial charge in [-0.05, 0) is 39.7 Å². The smallest absolute Gasteiger partial charge is 0.285 e. The van der Waals surface area contributed by atoms with Crippen molar-refractivity contribution in [3.05, 3.63) is 33.1 Å². The zero-order chi connectivity index (χ0) is 13.3. The van der Waals surface area contributed by atoms with Crippen LogP contribution >= 0.6 is 27.7 Å². The van der Waals surface area contributed by atoms with E-state index in [0.29, 0.717) is 14.9 Å². The molecule has 2 rings (SSSR count). The van der Waals surface area contributed by atoms with Gasteiger partial charge in [0.2, 0.25) is 0 Å². The summed E-state index contributed by atoms with van der Waals surface area (Å²) in [4.78, 5) is 26.3. The summed E-state index contributed by atoms with van der Waals surface area (Å²) >= 11 is 4.11. The highest BCUT2D eigenvalue weighted by Gasteiger charge is 2.25. The summed E-state index contributed by atoms with van der Waals surface area (Å²) in [7, 11) is 0. The van der Waals surface area contributed by atoms with Crippen molar-refractivity contribution in [2.75, 3.05) is 0 Å². The quantitative estimate of drug-likeness (QED) is 0.808. The Morgan fingerprint density at radius 2 is 2.22 bits per heavy atom. The number of phenols is 1. The molecule has 0 aromatic heterocycles. The van der Waals surface area contributed by atoms with Gasteiger partial charge < -0.3 is 10.8 Å². The van der Waals surface area contributed by atoms with Crippen molar-refractivity contribution < 1.29 is 14.7 Å². The molecule has 0 saturated carbocycles. The van der Waals surface area contributed by atoms with Crippen molar-refractivity contribution >= 4 is 50.6 Å². The summed E-state index contributed by atoms with van der Waals surface area (Å²) < 4.78 is 0.517. The molecule has 5 nitrogen and oxygen atoms in total. The highest BCUT2D eigenvalue weighted by molar-refractivity contribution is 9.10. The number of benzene rings is 1. The SMILES string of the molecule is NC(=O)C1=NC(=O)C(=Cc2ccc(O)c(Br)c2)S1. The minimum Gasteiger partial charge on any atom is -0.507 e. The lowest BCUT2D eigenvalue weighted by atomic mass is 10.2. The monoisotopic (exact) mass is 326 g/mol. The largest absolute Gasteiger partial charge is 0.507 e. The van der Waals surface area contributed by atoms with E-state index in [1.165, 1.54) is 6.07 Å². The third-order valence-electron chi connectivity index (χ3n) is 2.10. The van der Waals surface area contributed by atoms with Crippen LogP contribution in [0.3, 0.4) is 0 Å². The van der Waals surface area contributed by atoms with Gasteiger partial charge in [-0.15, -0.1) is 0 Å². The zero-order valence-corrected chi connectivity index (χ0v) is 11.3. The molecule has 1 heterocycles. The Labute approximate surface area is 115 Å². The maximum Gasteiger partial charge on any atom is 0.285 e. The van der Waals surface area contributed by atoms with Crippen molar-refractivity contribution in [3.63, 3.8) is 0 Å². The van der Waals surface area contributed by atoms with Crippen LogP contribution in [0.25, 0.3) is 6.08 Å². The van der Waals surface area contributed by atoms with Crippen LogP contribution in [0.15, 0.2) is 32.6 Å². The van der Waals surface area contributed by atoms with Crippen LogP contribution in [-0.2, 0) is 9.59 Å². The first-order chi connectivity index (χ1) is 8.47.